The normalized spacial score (nSPS) is 16.3. The molecule has 6 rings (SSSR count). The van der Waals surface area contributed by atoms with Gasteiger partial charge in [-0.3, -0.25) is 4.79 Å². The maximum atomic E-state index is 13.8. The molecule has 46 heavy (non-hydrogen) atoms. The number of benzene rings is 2. The van der Waals surface area contributed by atoms with Gasteiger partial charge < -0.3 is 20.7 Å². The second-order valence-electron chi connectivity index (χ2n) is 11.5. The van der Waals surface area contributed by atoms with Gasteiger partial charge in [-0.05, 0) is 48.4 Å². The van der Waals surface area contributed by atoms with Gasteiger partial charge in [0.15, 0.2) is 5.65 Å². The first kappa shape index (κ1) is 30.6. The lowest BCUT2D eigenvalue weighted by atomic mass is 9.79. The fourth-order valence-electron chi connectivity index (χ4n) is 6.17. The number of nitrogens with zero attached hydrogens (tertiary/aromatic N) is 8. The highest BCUT2D eigenvalue weighted by atomic mass is 19.1. The Bertz CT molecular complexity index is 1840. The van der Waals surface area contributed by atoms with E-state index in [9.17, 15) is 14.0 Å². The molecule has 3 aromatic heterocycles. The summed E-state index contributed by atoms with van der Waals surface area (Å²) in [5.41, 5.74) is 9.48. The minimum absolute atomic E-state index is 0.125. The van der Waals surface area contributed by atoms with Gasteiger partial charge in [0.1, 0.15) is 42.1 Å². The molecule has 0 aliphatic heterocycles. The number of carbonyl (C=O) groups is 2. The van der Waals surface area contributed by atoms with E-state index in [1.165, 1.54) is 42.9 Å². The number of aromatic nitrogens is 7. The van der Waals surface area contributed by atoms with Crippen molar-refractivity contribution in [3.63, 3.8) is 0 Å². The van der Waals surface area contributed by atoms with Crippen LogP contribution in [0.5, 0.6) is 5.75 Å². The summed E-state index contributed by atoms with van der Waals surface area (Å²) >= 11 is 0. The van der Waals surface area contributed by atoms with E-state index in [0.717, 1.165) is 42.9 Å². The predicted molar refractivity (Wildman–Crippen MR) is 168 cm³/mol. The van der Waals surface area contributed by atoms with Crippen molar-refractivity contribution < 1.29 is 18.7 Å². The maximum absolute atomic E-state index is 13.8. The minimum Gasteiger partial charge on any atom is -0.496 e. The zero-order chi connectivity index (χ0) is 32.2. The Morgan fingerprint density at radius 1 is 1.09 bits per heavy atom. The van der Waals surface area contributed by atoms with Crippen LogP contribution in [0.25, 0.3) is 22.3 Å². The molecule has 13 nitrogen and oxygen atoms in total. The van der Waals surface area contributed by atoms with E-state index in [1.54, 1.807) is 11.9 Å². The van der Waals surface area contributed by atoms with Crippen molar-refractivity contribution in [2.45, 2.75) is 38.8 Å². The van der Waals surface area contributed by atoms with Crippen LogP contribution in [-0.2, 0) is 13.1 Å². The third-order valence-electron chi connectivity index (χ3n) is 8.57. The van der Waals surface area contributed by atoms with Crippen LogP contribution in [0, 0.1) is 17.7 Å². The number of hydrogen-bond donors (Lipinski definition) is 2. The average molecular weight is 627 g/mol. The molecule has 14 heteroatoms. The summed E-state index contributed by atoms with van der Waals surface area (Å²) < 4.78 is 22.1. The highest BCUT2D eigenvalue weighted by Gasteiger charge is 2.30. The lowest BCUT2D eigenvalue weighted by molar-refractivity contribution is 0.0947. The Morgan fingerprint density at radius 2 is 1.87 bits per heavy atom. The van der Waals surface area contributed by atoms with Crippen molar-refractivity contribution >= 4 is 28.8 Å². The second kappa shape index (κ2) is 13.3. The van der Waals surface area contributed by atoms with Crippen molar-refractivity contribution in [1.29, 1.82) is 0 Å². The number of rotatable bonds is 9. The quantitative estimate of drug-likeness (QED) is 0.245. The third kappa shape index (κ3) is 6.36. The van der Waals surface area contributed by atoms with E-state index in [4.69, 9.17) is 15.6 Å². The molecule has 1 saturated carbocycles. The topological polar surface area (TPSA) is 159 Å². The first-order chi connectivity index (χ1) is 22.3. The van der Waals surface area contributed by atoms with E-state index >= 15 is 0 Å². The Morgan fingerprint density at radius 3 is 2.61 bits per heavy atom. The highest BCUT2D eigenvalue weighted by molar-refractivity contribution is 5.98. The van der Waals surface area contributed by atoms with E-state index in [1.807, 2.05) is 28.9 Å². The molecule has 3 N–H and O–H groups in total. The molecule has 238 valence electrons. The summed E-state index contributed by atoms with van der Waals surface area (Å²) in [6.07, 6.45) is 8.43. The molecule has 0 spiro atoms. The van der Waals surface area contributed by atoms with E-state index in [0.29, 0.717) is 41.4 Å². The van der Waals surface area contributed by atoms with Gasteiger partial charge in [-0.1, -0.05) is 37.1 Å². The van der Waals surface area contributed by atoms with Crippen LogP contribution in [0.15, 0.2) is 61.4 Å². The number of carbonyl (C=O) groups excluding carboxylic acids is 2. The molecule has 0 bridgehead atoms. The van der Waals surface area contributed by atoms with Crippen LogP contribution < -0.4 is 15.8 Å². The molecule has 5 aromatic rings. The van der Waals surface area contributed by atoms with Crippen LogP contribution >= 0.6 is 0 Å². The molecule has 0 saturated heterocycles. The van der Waals surface area contributed by atoms with Crippen molar-refractivity contribution in [1.82, 2.24) is 44.7 Å². The Labute approximate surface area is 264 Å². The zero-order valence-electron chi connectivity index (χ0n) is 25.6. The molecule has 0 radical (unpaired) electrons. The molecule has 3 heterocycles. The lowest BCUT2D eigenvalue weighted by Gasteiger charge is -2.34. The van der Waals surface area contributed by atoms with E-state index in [-0.39, 0.29) is 30.0 Å². The number of fused-ring (bicyclic) bond motifs is 1. The largest absolute Gasteiger partial charge is 0.496 e. The average Bonchev–Trinajstić information content (AvgIpc) is 3.74. The number of hydrogen-bond acceptors (Lipinski definition) is 9. The zero-order valence-corrected chi connectivity index (χ0v) is 25.6. The summed E-state index contributed by atoms with van der Waals surface area (Å²) in [6.45, 7) is 1.45. The summed E-state index contributed by atoms with van der Waals surface area (Å²) in [4.78, 5) is 39.9. The summed E-state index contributed by atoms with van der Waals surface area (Å²) in [6, 6.07) is 11.2. The Balaban J connectivity index is 1.19. The number of nitrogens with one attached hydrogen (secondary N) is 1. The van der Waals surface area contributed by atoms with Gasteiger partial charge in [-0.2, -0.15) is 14.9 Å². The molecule has 2 atom stereocenters. The number of nitrogens with two attached hydrogens (primary N) is 1. The van der Waals surface area contributed by atoms with Crippen LogP contribution in [-0.4, -0.2) is 72.1 Å². The molecular formula is C32H35FN10O3. The number of anilines is 1. The summed E-state index contributed by atoms with van der Waals surface area (Å²) in [7, 11) is 3.22. The smallest absolute Gasteiger partial charge is 0.345 e. The van der Waals surface area contributed by atoms with Crippen molar-refractivity contribution in [3.05, 3.63) is 78.4 Å². The summed E-state index contributed by atoms with van der Waals surface area (Å²) in [5, 5.41) is 12.5. The number of ether oxygens (including phenoxy) is 1. The van der Waals surface area contributed by atoms with Gasteiger partial charge in [-0.25, -0.2) is 28.8 Å². The van der Waals surface area contributed by atoms with Crippen molar-refractivity contribution in [3.8, 4) is 17.0 Å². The molecule has 2 aromatic carbocycles. The van der Waals surface area contributed by atoms with Gasteiger partial charge in [0.2, 0.25) is 0 Å². The summed E-state index contributed by atoms with van der Waals surface area (Å²) in [5.74, 6) is 0.220. The first-order valence-electron chi connectivity index (χ1n) is 15.1. The van der Waals surface area contributed by atoms with Gasteiger partial charge in [0.05, 0.1) is 18.1 Å². The molecular weight excluding hydrogens is 591 g/mol. The van der Waals surface area contributed by atoms with Crippen LogP contribution in [0.4, 0.5) is 15.0 Å². The number of methoxy groups -OCH3 is 1. The molecule has 1 aliphatic rings. The SMILES string of the molecule is COc1ccc(F)cc1C(=O)NCc1ccc(-c2nn(C[C@H]3CCCC[C@@H]3CN(C)C(=O)n3cncn3)c3ncnc(N)c23)cc1. The molecule has 1 aliphatic carbocycles. The maximum Gasteiger partial charge on any atom is 0.345 e. The van der Waals surface area contributed by atoms with Crippen molar-refractivity contribution in [2.75, 3.05) is 26.4 Å². The molecule has 1 fully saturated rings. The monoisotopic (exact) mass is 626 g/mol. The van der Waals surface area contributed by atoms with Gasteiger partial charge in [-0.15, -0.1) is 0 Å². The fourth-order valence-corrected chi connectivity index (χ4v) is 6.17. The van der Waals surface area contributed by atoms with Gasteiger partial charge in [0, 0.05) is 32.2 Å². The fraction of sp³-hybridized carbons (Fsp3) is 0.344. The standard InChI is InChI=1S/C32H35FN10O3/c1-41(32(45)43-19-35-17-39-43)15-22-5-3-4-6-23(22)16-42-30-27(29(34)37-18-38-30)28(40-42)21-9-7-20(8-10-21)14-36-31(44)25-13-24(33)11-12-26(25)46-2/h7-13,17-19,22-23H,3-6,14-16H2,1-2H3,(H,36,44)(H2,34,37,38)/t22-,23-/m1/s1. The number of halogens is 1. The lowest BCUT2D eigenvalue weighted by Crippen LogP contribution is -2.39. The minimum atomic E-state index is -0.519. The molecule has 2 amide bonds. The van der Waals surface area contributed by atoms with Crippen LogP contribution in [0.3, 0.4) is 0 Å². The third-order valence-corrected chi connectivity index (χ3v) is 8.57. The first-order valence-corrected chi connectivity index (χ1v) is 15.1. The second-order valence-corrected chi connectivity index (χ2v) is 11.5. The molecule has 0 unspecified atom stereocenters. The van der Waals surface area contributed by atoms with Crippen LogP contribution in [0.1, 0.15) is 41.6 Å². The Hall–Kier alpha value is -5.40. The number of amides is 2. The van der Waals surface area contributed by atoms with Gasteiger partial charge in [0.25, 0.3) is 5.91 Å². The highest BCUT2D eigenvalue weighted by Crippen LogP contribution is 2.35. The van der Waals surface area contributed by atoms with Gasteiger partial charge >= 0.3 is 6.03 Å². The predicted octanol–water partition coefficient (Wildman–Crippen LogP) is 4.15. The van der Waals surface area contributed by atoms with E-state index in [2.05, 4.69) is 25.4 Å². The van der Waals surface area contributed by atoms with Crippen LogP contribution in [0.2, 0.25) is 0 Å². The van der Waals surface area contributed by atoms with Crippen molar-refractivity contribution in [2.24, 2.45) is 11.8 Å². The Kier molecular flexibility index (Phi) is 8.85. The number of nitrogen functional groups attached to an aromatic ring is 1. The van der Waals surface area contributed by atoms with E-state index < -0.39 is 11.7 Å².